The zero-order valence-electron chi connectivity index (χ0n) is 14.9. The monoisotopic (exact) mass is 432 g/mol. The fourth-order valence-electron chi connectivity index (χ4n) is 2.56. The van der Waals surface area contributed by atoms with E-state index in [9.17, 15) is 4.79 Å². The van der Waals surface area contributed by atoms with Gasteiger partial charge in [-0.25, -0.2) is 0 Å². The molecule has 0 spiro atoms. The molecule has 0 radical (unpaired) electrons. The number of hydrogen-bond acceptors (Lipinski definition) is 4. The molecule has 0 atom stereocenters. The standard InChI is InChI=1S/C20H18Cl2N4OS/c1-2-11-26-17(12-14-7-4-3-5-8-14)24-25-20(26)28-13-18(27)23-16-10-6-9-15(21)19(16)22/h2-10H,1,11-13H2,(H,23,27). The van der Waals surface area contributed by atoms with E-state index < -0.39 is 0 Å². The molecule has 1 N–H and O–H groups in total. The van der Waals surface area contributed by atoms with Crippen LogP contribution in [0.25, 0.3) is 0 Å². The average Bonchev–Trinajstić information content (AvgIpc) is 3.06. The minimum absolute atomic E-state index is 0.170. The number of aromatic nitrogens is 3. The number of thioether (sulfide) groups is 1. The third-order valence-electron chi connectivity index (χ3n) is 3.87. The summed E-state index contributed by atoms with van der Waals surface area (Å²) in [5.74, 6) is 0.794. The van der Waals surface area contributed by atoms with Crippen LogP contribution in [0.3, 0.4) is 0 Å². The minimum Gasteiger partial charge on any atom is -0.324 e. The Morgan fingerprint density at radius 1 is 1.14 bits per heavy atom. The third kappa shape index (κ3) is 5.16. The molecule has 0 bridgehead atoms. The van der Waals surface area contributed by atoms with Crippen LogP contribution in [0.1, 0.15) is 11.4 Å². The van der Waals surface area contributed by atoms with Crippen molar-refractivity contribution in [3.05, 3.63) is 82.6 Å². The van der Waals surface area contributed by atoms with E-state index in [1.165, 1.54) is 11.8 Å². The Morgan fingerprint density at radius 3 is 2.68 bits per heavy atom. The van der Waals surface area contributed by atoms with Crippen LogP contribution in [0.4, 0.5) is 5.69 Å². The van der Waals surface area contributed by atoms with Gasteiger partial charge in [-0.05, 0) is 17.7 Å². The Hall–Kier alpha value is -2.28. The zero-order chi connectivity index (χ0) is 19.9. The predicted molar refractivity (Wildman–Crippen MR) is 115 cm³/mol. The van der Waals surface area contributed by atoms with Crippen LogP contribution >= 0.6 is 35.0 Å². The molecule has 0 aliphatic carbocycles. The molecule has 28 heavy (non-hydrogen) atoms. The first-order valence-electron chi connectivity index (χ1n) is 8.52. The SMILES string of the molecule is C=CCn1c(Cc2ccccc2)nnc1SCC(=O)Nc1cccc(Cl)c1Cl. The highest BCUT2D eigenvalue weighted by molar-refractivity contribution is 7.99. The molecule has 0 fully saturated rings. The van der Waals surface area contributed by atoms with Crippen molar-refractivity contribution < 1.29 is 4.79 Å². The van der Waals surface area contributed by atoms with Crippen LogP contribution in [0.5, 0.6) is 0 Å². The number of amides is 1. The van der Waals surface area contributed by atoms with Gasteiger partial charge >= 0.3 is 0 Å². The molecule has 3 rings (SSSR count). The van der Waals surface area contributed by atoms with Gasteiger partial charge < -0.3 is 9.88 Å². The molecule has 144 valence electrons. The van der Waals surface area contributed by atoms with E-state index in [4.69, 9.17) is 23.2 Å². The fraction of sp³-hybridized carbons (Fsp3) is 0.150. The third-order valence-corrected chi connectivity index (χ3v) is 5.65. The van der Waals surface area contributed by atoms with Gasteiger partial charge in [0.1, 0.15) is 5.82 Å². The quantitative estimate of drug-likeness (QED) is 0.397. The first-order chi connectivity index (χ1) is 13.6. The summed E-state index contributed by atoms with van der Waals surface area (Å²) in [6.07, 6.45) is 2.44. The molecule has 5 nitrogen and oxygen atoms in total. The maximum atomic E-state index is 12.3. The Balaban J connectivity index is 1.67. The largest absolute Gasteiger partial charge is 0.324 e. The van der Waals surface area contributed by atoms with Crippen molar-refractivity contribution in [2.75, 3.05) is 11.1 Å². The summed E-state index contributed by atoms with van der Waals surface area (Å²) in [6.45, 7) is 4.37. The molecule has 1 aromatic heterocycles. The molecule has 0 aliphatic rings. The summed E-state index contributed by atoms with van der Waals surface area (Å²) >= 11 is 13.4. The number of rotatable bonds is 8. The second kappa shape index (κ2) is 9.78. The van der Waals surface area contributed by atoms with Crippen molar-refractivity contribution in [1.29, 1.82) is 0 Å². The van der Waals surface area contributed by atoms with E-state index in [2.05, 4.69) is 22.1 Å². The molecule has 3 aromatic rings. The van der Waals surface area contributed by atoms with Crippen molar-refractivity contribution in [3.63, 3.8) is 0 Å². The molecular weight excluding hydrogens is 415 g/mol. The molecule has 0 saturated carbocycles. The maximum Gasteiger partial charge on any atom is 0.234 e. The lowest BCUT2D eigenvalue weighted by Crippen LogP contribution is -2.15. The van der Waals surface area contributed by atoms with Gasteiger partial charge in [0.15, 0.2) is 5.16 Å². The van der Waals surface area contributed by atoms with Crippen molar-refractivity contribution in [3.8, 4) is 0 Å². The lowest BCUT2D eigenvalue weighted by molar-refractivity contribution is -0.113. The van der Waals surface area contributed by atoms with Crippen molar-refractivity contribution >= 4 is 46.6 Å². The van der Waals surface area contributed by atoms with E-state index in [0.717, 1.165) is 11.4 Å². The average molecular weight is 433 g/mol. The summed E-state index contributed by atoms with van der Waals surface area (Å²) < 4.78 is 1.96. The number of halogens is 2. The van der Waals surface area contributed by atoms with Crippen LogP contribution in [-0.4, -0.2) is 26.4 Å². The van der Waals surface area contributed by atoms with Gasteiger partial charge in [0.25, 0.3) is 0 Å². The number of carbonyl (C=O) groups is 1. The summed E-state index contributed by atoms with van der Waals surface area (Å²) in [4.78, 5) is 12.3. The van der Waals surface area contributed by atoms with Crippen LogP contribution in [0.2, 0.25) is 10.0 Å². The van der Waals surface area contributed by atoms with Gasteiger partial charge in [-0.3, -0.25) is 4.79 Å². The van der Waals surface area contributed by atoms with Crippen molar-refractivity contribution in [2.24, 2.45) is 0 Å². The second-order valence-electron chi connectivity index (χ2n) is 5.90. The normalized spacial score (nSPS) is 10.6. The fourth-order valence-corrected chi connectivity index (χ4v) is 3.68. The Bertz CT molecular complexity index is 976. The van der Waals surface area contributed by atoms with Crippen LogP contribution in [0, 0.1) is 0 Å². The topological polar surface area (TPSA) is 59.8 Å². The maximum absolute atomic E-state index is 12.3. The molecule has 8 heteroatoms. The lowest BCUT2D eigenvalue weighted by atomic mass is 10.1. The highest BCUT2D eigenvalue weighted by Crippen LogP contribution is 2.29. The van der Waals surface area contributed by atoms with E-state index in [0.29, 0.717) is 33.9 Å². The van der Waals surface area contributed by atoms with Gasteiger partial charge in [0.05, 0.1) is 21.5 Å². The van der Waals surface area contributed by atoms with Gasteiger partial charge in [-0.15, -0.1) is 16.8 Å². The zero-order valence-corrected chi connectivity index (χ0v) is 17.3. The van der Waals surface area contributed by atoms with Crippen LogP contribution in [0.15, 0.2) is 66.3 Å². The van der Waals surface area contributed by atoms with Crippen LogP contribution in [-0.2, 0) is 17.8 Å². The van der Waals surface area contributed by atoms with E-state index in [1.807, 2.05) is 34.9 Å². The minimum atomic E-state index is -0.202. The molecule has 1 amide bonds. The first-order valence-corrected chi connectivity index (χ1v) is 10.3. The second-order valence-corrected chi connectivity index (χ2v) is 7.63. The van der Waals surface area contributed by atoms with Crippen molar-refractivity contribution in [2.45, 2.75) is 18.1 Å². The molecule has 2 aromatic carbocycles. The van der Waals surface area contributed by atoms with E-state index >= 15 is 0 Å². The summed E-state index contributed by atoms with van der Waals surface area (Å²) in [5.41, 5.74) is 1.63. The van der Waals surface area contributed by atoms with Gasteiger partial charge in [-0.1, -0.05) is 77.4 Å². The number of allylic oxidation sites excluding steroid dienone is 1. The Labute approximate surface area is 177 Å². The van der Waals surface area contributed by atoms with Gasteiger partial charge in [0, 0.05) is 13.0 Å². The summed E-state index contributed by atoms with van der Waals surface area (Å²) in [5, 5.41) is 12.7. The lowest BCUT2D eigenvalue weighted by Gasteiger charge is -2.09. The number of nitrogens with zero attached hydrogens (tertiary/aromatic N) is 3. The van der Waals surface area contributed by atoms with Crippen molar-refractivity contribution in [1.82, 2.24) is 14.8 Å². The highest BCUT2D eigenvalue weighted by Gasteiger charge is 2.15. The smallest absolute Gasteiger partial charge is 0.234 e. The Kier molecular flexibility index (Phi) is 7.14. The molecular formula is C20H18Cl2N4OS. The predicted octanol–water partition coefficient (Wildman–Crippen LogP) is 5.09. The first kappa shape index (κ1) is 20.5. The van der Waals surface area contributed by atoms with Gasteiger partial charge in [0.2, 0.25) is 5.91 Å². The molecule has 0 saturated heterocycles. The summed E-state index contributed by atoms with van der Waals surface area (Å²) in [6, 6.07) is 15.1. The number of carbonyl (C=O) groups excluding carboxylic acids is 1. The molecule has 0 aliphatic heterocycles. The number of hydrogen-bond donors (Lipinski definition) is 1. The number of nitrogens with one attached hydrogen (secondary N) is 1. The van der Waals surface area contributed by atoms with Gasteiger partial charge in [-0.2, -0.15) is 0 Å². The molecule has 1 heterocycles. The number of benzene rings is 2. The Morgan fingerprint density at radius 2 is 1.93 bits per heavy atom. The van der Waals surface area contributed by atoms with Crippen LogP contribution < -0.4 is 5.32 Å². The van der Waals surface area contributed by atoms with E-state index in [1.54, 1.807) is 24.3 Å². The summed E-state index contributed by atoms with van der Waals surface area (Å²) in [7, 11) is 0. The highest BCUT2D eigenvalue weighted by atomic mass is 35.5. The van der Waals surface area contributed by atoms with E-state index in [-0.39, 0.29) is 11.7 Å². The molecule has 0 unspecified atom stereocenters. The number of anilines is 1.